The smallest absolute Gasteiger partial charge is 0.264 e. The maximum atomic E-state index is 13.0. The van der Waals surface area contributed by atoms with Crippen molar-refractivity contribution in [2.45, 2.75) is 11.4 Å². The number of anilines is 1. The van der Waals surface area contributed by atoms with Gasteiger partial charge < -0.3 is 14.8 Å². The molecule has 0 bridgehead atoms. The standard InChI is InChI=1S/C23H24N2O5S/c1-25(21-6-4-5-7-22(21)30-3)31(27,28)20-14-10-18(11-15-20)23(26)24-16-17-8-12-19(29-2)13-9-17/h4-15H,16H2,1-3H3,(H,24,26). The van der Waals surface area contributed by atoms with Crippen LogP contribution in [-0.2, 0) is 16.6 Å². The number of carbonyl (C=O) groups excluding carboxylic acids is 1. The summed E-state index contributed by atoms with van der Waals surface area (Å²) in [6, 6.07) is 20.0. The SMILES string of the molecule is COc1ccc(CNC(=O)c2ccc(S(=O)(=O)N(C)c3ccccc3OC)cc2)cc1. The number of methoxy groups -OCH3 is 2. The first-order valence-electron chi connectivity index (χ1n) is 9.50. The summed E-state index contributed by atoms with van der Waals surface area (Å²) >= 11 is 0. The van der Waals surface area contributed by atoms with Gasteiger partial charge in [0.1, 0.15) is 11.5 Å². The van der Waals surface area contributed by atoms with Crippen LogP contribution < -0.4 is 19.1 Å². The summed E-state index contributed by atoms with van der Waals surface area (Å²) in [6.07, 6.45) is 0. The number of benzene rings is 3. The number of amides is 1. The predicted molar refractivity (Wildman–Crippen MR) is 119 cm³/mol. The fraction of sp³-hybridized carbons (Fsp3) is 0.174. The average molecular weight is 441 g/mol. The van der Waals surface area contributed by atoms with Crippen molar-refractivity contribution in [3.05, 3.63) is 83.9 Å². The van der Waals surface area contributed by atoms with Gasteiger partial charge in [0, 0.05) is 19.2 Å². The monoisotopic (exact) mass is 440 g/mol. The van der Waals surface area contributed by atoms with Crippen molar-refractivity contribution in [2.75, 3.05) is 25.6 Å². The molecule has 0 aliphatic rings. The van der Waals surface area contributed by atoms with E-state index in [0.29, 0.717) is 23.5 Å². The largest absolute Gasteiger partial charge is 0.497 e. The van der Waals surface area contributed by atoms with Gasteiger partial charge in [0.2, 0.25) is 0 Å². The first-order chi connectivity index (χ1) is 14.9. The molecule has 162 valence electrons. The molecule has 3 aromatic rings. The number of hydrogen-bond donors (Lipinski definition) is 1. The second-order valence-electron chi connectivity index (χ2n) is 6.70. The molecule has 1 amide bonds. The minimum Gasteiger partial charge on any atom is -0.497 e. The number of ether oxygens (including phenoxy) is 2. The van der Waals surface area contributed by atoms with Gasteiger partial charge in [-0.15, -0.1) is 0 Å². The van der Waals surface area contributed by atoms with E-state index >= 15 is 0 Å². The van der Waals surface area contributed by atoms with Gasteiger partial charge in [-0.25, -0.2) is 8.42 Å². The van der Waals surface area contributed by atoms with Crippen molar-refractivity contribution in [1.82, 2.24) is 5.32 Å². The molecule has 0 radical (unpaired) electrons. The Hall–Kier alpha value is -3.52. The van der Waals surface area contributed by atoms with E-state index in [4.69, 9.17) is 9.47 Å². The second-order valence-corrected chi connectivity index (χ2v) is 8.67. The summed E-state index contributed by atoms with van der Waals surface area (Å²) in [5.74, 6) is 0.894. The third-order valence-corrected chi connectivity index (χ3v) is 6.60. The van der Waals surface area contributed by atoms with Crippen molar-refractivity contribution in [3.63, 3.8) is 0 Å². The van der Waals surface area contributed by atoms with Gasteiger partial charge in [-0.05, 0) is 54.1 Å². The van der Waals surface area contributed by atoms with Crippen LogP contribution >= 0.6 is 0 Å². The number of rotatable bonds is 8. The predicted octanol–water partition coefficient (Wildman–Crippen LogP) is 3.46. The van der Waals surface area contributed by atoms with Crippen LogP contribution in [0.25, 0.3) is 0 Å². The van der Waals surface area contributed by atoms with Gasteiger partial charge in [-0.3, -0.25) is 9.10 Å². The summed E-state index contributed by atoms with van der Waals surface area (Å²) < 4.78 is 37.5. The van der Waals surface area contributed by atoms with Crippen LogP contribution in [0.2, 0.25) is 0 Å². The van der Waals surface area contributed by atoms with Crippen LogP contribution in [0.3, 0.4) is 0 Å². The van der Waals surface area contributed by atoms with Gasteiger partial charge in [0.25, 0.3) is 15.9 Å². The first kappa shape index (κ1) is 22.2. The zero-order chi connectivity index (χ0) is 22.4. The molecule has 31 heavy (non-hydrogen) atoms. The lowest BCUT2D eigenvalue weighted by Gasteiger charge is -2.21. The number of carbonyl (C=O) groups is 1. The van der Waals surface area contributed by atoms with E-state index < -0.39 is 10.0 Å². The Balaban J connectivity index is 1.71. The Kier molecular flexibility index (Phi) is 6.81. The fourth-order valence-corrected chi connectivity index (χ4v) is 4.19. The van der Waals surface area contributed by atoms with Gasteiger partial charge in [0.15, 0.2) is 0 Å². The minimum atomic E-state index is -3.82. The van der Waals surface area contributed by atoms with E-state index in [1.54, 1.807) is 31.4 Å². The lowest BCUT2D eigenvalue weighted by Crippen LogP contribution is -2.27. The maximum absolute atomic E-state index is 13.0. The molecule has 0 aliphatic heterocycles. The highest BCUT2D eigenvalue weighted by molar-refractivity contribution is 7.92. The van der Waals surface area contributed by atoms with Crippen molar-refractivity contribution < 1.29 is 22.7 Å². The van der Waals surface area contributed by atoms with Crippen molar-refractivity contribution >= 4 is 21.6 Å². The van der Waals surface area contributed by atoms with Gasteiger partial charge in [0.05, 0.1) is 24.8 Å². The van der Waals surface area contributed by atoms with E-state index in [0.717, 1.165) is 15.6 Å². The van der Waals surface area contributed by atoms with E-state index in [2.05, 4.69) is 5.32 Å². The van der Waals surface area contributed by atoms with Crippen molar-refractivity contribution in [2.24, 2.45) is 0 Å². The molecule has 0 spiro atoms. The number of hydrogen-bond acceptors (Lipinski definition) is 5. The lowest BCUT2D eigenvalue weighted by molar-refractivity contribution is 0.0951. The summed E-state index contributed by atoms with van der Waals surface area (Å²) in [5, 5.41) is 2.82. The molecule has 0 saturated carbocycles. The zero-order valence-corrected chi connectivity index (χ0v) is 18.3. The minimum absolute atomic E-state index is 0.0765. The summed E-state index contributed by atoms with van der Waals surface area (Å²) in [4.78, 5) is 12.5. The Morgan fingerprint density at radius 1 is 0.903 bits per heavy atom. The molecule has 0 saturated heterocycles. The van der Waals surface area contributed by atoms with Crippen LogP contribution in [0.1, 0.15) is 15.9 Å². The third kappa shape index (κ3) is 4.97. The van der Waals surface area contributed by atoms with E-state index in [9.17, 15) is 13.2 Å². The highest BCUT2D eigenvalue weighted by atomic mass is 32.2. The van der Waals surface area contributed by atoms with Crippen LogP contribution in [0.4, 0.5) is 5.69 Å². The van der Waals surface area contributed by atoms with E-state index in [1.807, 2.05) is 24.3 Å². The quantitative estimate of drug-likeness (QED) is 0.580. The van der Waals surface area contributed by atoms with Gasteiger partial charge in [-0.1, -0.05) is 24.3 Å². The molecule has 0 fully saturated rings. The molecule has 3 rings (SSSR count). The lowest BCUT2D eigenvalue weighted by atomic mass is 10.2. The first-order valence-corrected chi connectivity index (χ1v) is 10.9. The van der Waals surface area contributed by atoms with E-state index in [1.165, 1.54) is 38.4 Å². The Bertz CT molecular complexity index is 1140. The molecule has 3 aromatic carbocycles. The number of nitrogens with zero attached hydrogens (tertiary/aromatic N) is 1. The average Bonchev–Trinajstić information content (AvgIpc) is 2.82. The van der Waals surface area contributed by atoms with Crippen LogP contribution in [0.5, 0.6) is 11.5 Å². The van der Waals surface area contributed by atoms with Crippen LogP contribution in [0.15, 0.2) is 77.7 Å². The fourth-order valence-electron chi connectivity index (χ4n) is 2.98. The number of sulfonamides is 1. The number of para-hydroxylation sites is 2. The van der Waals surface area contributed by atoms with E-state index in [-0.39, 0.29) is 10.8 Å². The normalized spacial score (nSPS) is 10.9. The summed E-state index contributed by atoms with van der Waals surface area (Å²) in [5.41, 5.74) is 1.71. The van der Waals surface area contributed by atoms with Crippen LogP contribution in [0, 0.1) is 0 Å². The molecule has 8 heteroatoms. The molecule has 0 aliphatic carbocycles. The molecule has 0 heterocycles. The Morgan fingerprint density at radius 3 is 2.16 bits per heavy atom. The van der Waals surface area contributed by atoms with Gasteiger partial charge in [-0.2, -0.15) is 0 Å². The number of nitrogens with one attached hydrogen (secondary N) is 1. The Morgan fingerprint density at radius 2 is 1.55 bits per heavy atom. The summed E-state index contributed by atoms with van der Waals surface area (Å²) in [6.45, 7) is 0.347. The second kappa shape index (κ2) is 9.53. The maximum Gasteiger partial charge on any atom is 0.264 e. The zero-order valence-electron chi connectivity index (χ0n) is 17.5. The molecule has 0 unspecified atom stereocenters. The molecular weight excluding hydrogens is 416 g/mol. The van der Waals surface area contributed by atoms with Crippen LogP contribution in [-0.4, -0.2) is 35.6 Å². The molecule has 0 atom stereocenters. The highest BCUT2D eigenvalue weighted by Gasteiger charge is 2.23. The molecule has 7 nitrogen and oxygen atoms in total. The molecule has 1 N–H and O–H groups in total. The molecule has 0 aromatic heterocycles. The van der Waals surface area contributed by atoms with Crippen molar-refractivity contribution in [3.8, 4) is 11.5 Å². The highest BCUT2D eigenvalue weighted by Crippen LogP contribution is 2.30. The molecular formula is C23H24N2O5S. The third-order valence-electron chi connectivity index (χ3n) is 4.81. The van der Waals surface area contributed by atoms with Crippen molar-refractivity contribution in [1.29, 1.82) is 0 Å². The summed E-state index contributed by atoms with van der Waals surface area (Å²) in [7, 11) is 0.719. The topological polar surface area (TPSA) is 84.9 Å². The van der Waals surface area contributed by atoms with Gasteiger partial charge >= 0.3 is 0 Å². The Labute approximate surface area is 182 Å².